The van der Waals surface area contributed by atoms with E-state index in [1.807, 2.05) is 67.2 Å². The number of rotatable bonds is 2. The van der Waals surface area contributed by atoms with E-state index in [-0.39, 0.29) is 20.1 Å². The van der Waals surface area contributed by atoms with Crippen molar-refractivity contribution in [2.75, 3.05) is 11.9 Å². The number of nitrogens with zero attached hydrogens (tertiary/aromatic N) is 4. The second-order valence-electron chi connectivity index (χ2n) is 4.13. The standard InChI is InChI=1S/C13H12BN4.Ir/c1-17-7-8-18(14-17)13-9-11(4-6-16-13)12-3-2-5-15-10-12;/h2-10H,1H3;. The zero-order chi connectivity index (χ0) is 12.4. The molecule has 1 aliphatic rings. The summed E-state index contributed by atoms with van der Waals surface area (Å²) >= 11 is 0. The SMILES string of the molecule is CN1[B]N(c2cc(-c3cccnc3)ccn2)C=C1.[Ir]. The molecule has 96 valence electrons. The summed E-state index contributed by atoms with van der Waals surface area (Å²) in [5, 5.41) is 0. The quantitative estimate of drug-likeness (QED) is 0.686. The van der Waals surface area contributed by atoms with Crippen LogP contribution in [-0.2, 0) is 20.1 Å². The zero-order valence-electron chi connectivity index (χ0n) is 10.4. The van der Waals surface area contributed by atoms with Crippen molar-refractivity contribution >= 4 is 13.4 Å². The van der Waals surface area contributed by atoms with Crippen LogP contribution in [0.3, 0.4) is 0 Å². The summed E-state index contributed by atoms with van der Waals surface area (Å²) < 4.78 is 0. The Kier molecular flexibility index (Phi) is 4.35. The molecule has 0 aromatic carbocycles. The maximum absolute atomic E-state index is 4.38. The van der Waals surface area contributed by atoms with Crippen molar-refractivity contribution in [3.05, 3.63) is 55.3 Å². The van der Waals surface area contributed by atoms with Crippen molar-refractivity contribution in [1.29, 1.82) is 0 Å². The third kappa shape index (κ3) is 3.03. The summed E-state index contributed by atoms with van der Waals surface area (Å²) in [6.45, 7) is 0. The molecule has 2 radical (unpaired) electrons. The van der Waals surface area contributed by atoms with Gasteiger partial charge in [-0.25, -0.2) is 4.98 Å². The van der Waals surface area contributed by atoms with Gasteiger partial charge < -0.3 is 9.62 Å². The molecular formula is C13H12BIrN4. The van der Waals surface area contributed by atoms with Gasteiger partial charge in [-0.2, -0.15) is 0 Å². The van der Waals surface area contributed by atoms with Gasteiger partial charge in [-0.05, 0) is 30.8 Å². The van der Waals surface area contributed by atoms with Crippen LogP contribution in [0.4, 0.5) is 5.82 Å². The Bertz CT molecular complexity index is 576. The van der Waals surface area contributed by atoms with Gasteiger partial charge >= 0.3 is 7.55 Å². The van der Waals surface area contributed by atoms with Gasteiger partial charge in [0, 0.05) is 56.7 Å². The molecule has 0 amide bonds. The Hall–Kier alpha value is -1.65. The summed E-state index contributed by atoms with van der Waals surface area (Å²) in [5.74, 6) is 0.900. The van der Waals surface area contributed by atoms with Crippen molar-refractivity contribution in [1.82, 2.24) is 14.8 Å². The van der Waals surface area contributed by atoms with Crippen molar-refractivity contribution < 1.29 is 20.1 Å². The van der Waals surface area contributed by atoms with Gasteiger partial charge in [-0.1, -0.05) is 6.07 Å². The van der Waals surface area contributed by atoms with Crippen LogP contribution in [0.2, 0.25) is 0 Å². The van der Waals surface area contributed by atoms with E-state index >= 15 is 0 Å². The molecule has 3 rings (SSSR count). The Balaban J connectivity index is 0.00000133. The zero-order valence-corrected chi connectivity index (χ0v) is 12.8. The maximum atomic E-state index is 4.38. The predicted molar refractivity (Wildman–Crippen MR) is 72.6 cm³/mol. The first-order valence-electron chi connectivity index (χ1n) is 5.73. The van der Waals surface area contributed by atoms with Crippen molar-refractivity contribution in [3.63, 3.8) is 0 Å². The molecule has 0 saturated heterocycles. The fourth-order valence-electron chi connectivity index (χ4n) is 1.86. The van der Waals surface area contributed by atoms with Crippen LogP contribution in [0.15, 0.2) is 55.3 Å². The molecule has 2 aromatic heterocycles. The van der Waals surface area contributed by atoms with Gasteiger partial charge in [-0.15, -0.1) is 0 Å². The summed E-state index contributed by atoms with van der Waals surface area (Å²) in [6.07, 6.45) is 9.41. The van der Waals surface area contributed by atoms with E-state index < -0.39 is 0 Å². The first-order valence-corrected chi connectivity index (χ1v) is 5.73. The van der Waals surface area contributed by atoms with Gasteiger partial charge in [0.1, 0.15) is 5.82 Å². The number of anilines is 1. The molecule has 1 aliphatic heterocycles. The van der Waals surface area contributed by atoms with Crippen LogP contribution in [0, 0.1) is 0 Å². The Labute approximate surface area is 126 Å². The Morgan fingerprint density at radius 2 is 2.00 bits per heavy atom. The average molecular weight is 427 g/mol. The van der Waals surface area contributed by atoms with Crippen LogP contribution in [0.1, 0.15) is 0 Å². The van der Waals surface area contributed by atoms with Gasteiger partial charge in [-0.3, -0.25) is 4.98 Å². The molecule has 6 heteroatoms. The first kappa shape index (κ1) is 13.8. The van der Waals surface area contributed by atoms with E-state index in [2.05, 4.69) is 16.0 Å². The maximum Gasteiger partial charge on any atom is 0.396 e. The van der Waals surface area contributed by atoms with Gasteiger partial charge in [0.15, 0.2) is 0 Å². The van der Waals surface area contributed by atoms with Crippen molar-refractivity contribution in [3.8, 4) is 11.1 Å². The minimum absolute atomic E-state index is 0. The minimum Gasteiger partial charge on any atom is -0.406 e. The third-order valence-corrected chi connectivity index (χ3v) is 2.77. The Morgan fingerprint density at radius 3 is 2.68 bits per heavy atom. The molecule has 0 N–H and O–H groups in total. The molecule has 4 nitrogen and oxygen atoms in total. The molecule has 19 heavy (non-hydrogen) atoms. The minimum atomic E-state index is 0. The van der Waals surface area contributed by atoms with Gasteiger partial charge in [0.2, 0.25) is 0 Å². The van der Waals surface area contributed by atoms with Crippen LogP contribution in [0.25, 0.3) is 11.1 Å². The topological polar surface area (TPSA) is 32.3 Å². The molecular weight excluding hydrogens is 415 g/mol. The second kappa shape index (κ2) is 6.00. The smallest absolute Gasteiger partial charge is 0.396 e. The van der Waals surface area contributed by atoms with Crippen LogP contribution in [0.5, 0.6) is 0 Å². The predicted octanol–water partition coefficient (Wildman–Crippen LogP) is 1.90. The van der Waals surface area contributed by atoms with E-state index in [1.54, 1.807) is 6.20 Å². The molecule has 0 spiro atoms. The van der Waals surface area contributed by atoms with E-state index in [4.69, 9.17) is 0 Å². The van der Waals surface area contributed by atoms with E-state index in [0.717, 1.165) is 16.9 Å². The number of aromatic nitrogens is 2. The third-order valence-electron chi connectivity index (χ3n) is 2.77. The summed E-state index contributed by atoms with van der Waals surface area (Å²) in [7, 11) is 3.97. The van der Waals surface area contributed by atoms with Gasteiger partial charge in [0.05, 0.1) is 0 Å². The van der Waals surface area contributed by atoms with Crippen LogP contribution < -0.4 is 4.81 Å². The van der Waals surface area contributed by atoms with E-state index in [0.29, 0.717) is 0 Å². The number of hydrogen-bond acceptors (Lipinski definition) is 4. The molecule has 0 unspecified atom stereocenters. The molecule has 3 heterocycles. The average Bonchev–Trinajstić information content (AvgIpc) is 2.87. The molecule has 2 aromatic rings. The van der Waals surface area contributed by atoms with Crippen LogP contribution >= 0.6 is 0 Å². The van der Waals surface area contributed by atoms with Crippen molar-refractivity contribution in [2.24, 2.45) is 0 Å². The number of pyridine rings is 2. The fourth-order valence-corrected chi connectivity index (χ4v) is 1.86. The van der Waals surface area contributed by atoms with Crippen LogP contribution in [-0.4, -0.2) is 29.4 Å². The number of hydrogen-bond donors (Lipinski definition) is 0. The second-order valence-corrected chi connectivity index (χ2v) is 4.13. The molecule has 0 bridgehead atoms. The normalized spacial score (nSPS) is 13.1. The molecule has 0 saturated carbocycles. The first-order chi connectivity index (χ1) is 8.83. The molecule has 0 aliphatic carbocycles. The molecule has 0 fully saturated rings. The monoisotopic (exact) mass is 428 g/mol. The summed E-state index contributed by atoms with van der Waals surface area (Å²) in [6, 6.07) is 8.02. The largest absolute Gasteiger partial charge is 0.406 e. The van der Waals surface area contributed by atoms with E-state index in [9.17, 15) is 0 Å². The Morgan fingerprint density at radius 1 is 1.11 bits per heavy atom. The molecule has 0 atom stereocenters. The summed E-state index contributed by atoms with van der Waals surface area (Å²) in [4.78, 5) is 12.5. The fraction of sp³-hybridized carbons (Fsp3) is 0.0769. The van der Waals surface area contributed by atoms with Gasteiger partial charge in [0.25, 0.3) is 0 Å². The van der Waals surface area contributed by atoms with E-state index in [1.165, 1.54) is 0 Å². The van der Waals surface area contributed by atoms with Crippen molar-refractivity contribution in [2.45, 2.75) is 0 Å². The summed E-state index contributed by atoms with van der Waals surface area (Å²) in [5.41, 5.74) is 2.21.